The van der Waals surface area contributed by atoms with Gasteiger partial charge in [0.15, 0.2) is 0 Å². The van der Waals surface area contributed by atoms with Crippen LogP contribution in [0.1, 0.15) is 6.92 Å². The molecule has 0 aromatic carbocycles. The third kappa shape index (κ3) is 4.59. The lowest BCUT2D eigenvalue weighted by Gasteiger charge is -2.22. The van der Waals surface area contributed by atoms with E-state index in [1.807, 2.05) is 6.92 Å². The van der Waals surface area contributed by atoms with Gasteiger partial charge in [-0.25, -0.2) is 4.79 Å². The zero-order valence-corrected chi connectivity index (χ0v) is 10.7. The average Bonchev–Trinajstić information content (AvgIpc) is 2.69. The predicted molar refractivity (Wildman–Crippen MR) is 65.1 cm³/mol. The van der Waals surface area contributed by atoms with Gasteiger partial charge in [-0.05, 0) is 6.54 Å². The summed E-state index contributed by atoms with van der Waals surface area (Å²) < 4.78 is 5.18. The van der Waals surface area contributed by atoms with Crippen LogP contribution in [0.25, 0.3) is 0 Å². The summed E-state index contributed by atoms with van der Waals surface area (Å²) in [5.41, 5.74) is 0. The molecule has 1 aliphatic heterocycles. The van der Waals surface area contributed by atoms with Crippen molar-refractivity contribution in [3.8, 4) is 0 Å². The number of nitrogens with one attached hydrogen (secondary N) is 1. The normalized spacial score (nSPS) is 15.6. The molecule has 0 spiro atoms. The van der Waals surface area contributed by atoms with Crippen LogP contribution >= 0.6 is 0 Å². The molecule has 18 heavy (non-hydrogen) atoms. The van der Waals surface area contributed by atoms with Crippen LogP contribution < -0.4 is 5.32 Å². The molecule has 0 unspecified atom stereocenters. The highest BCUT2D eigenvalue weighted by molar-refractivity contribution is 6.01. The van der Waals surface area contributed by atoms with Crippen molar-refractivity contribution in [3.05, 3.63) is 0 Å². The zero-order valence-electron chi connectivity index (χ0n) is 10.7. The number of rotatable bonds is 9. The maximum atomic E-state index is 11.4. The highest BCUT2D eigenvalue weighted by atomic mass is 16.5. The average molecular weight is 259 g/mol. The van der Waals surface area contributed by atoms with E-state index in [0.717, 1.165) is 13.1 Å². The summed E-state index contributed by atoms with van der Waals surface area (Å²) in [6, 6.07) is -0.312. The van der Waals surface area contributed by atoms with Crippen molar-refractivity contribution in [1.82, 2.24) is 15.1 Å². The molecule has 2 N–H and O–H groups in total. The van der Waals surface area contributed by atoms with E-state index >= 15 is 0 Å². The van der Waals surface area contributed by atoms with Gasteiger partial charge in [-0.2, -0.15) is 0 Å². The second kappa shape index (κ2) is 8.02. The van der Waals surface area contributed by atoms with Crippen LogP contribution in [0, 0.1) is 0 Å². The molecule has 0 aliphatic carbocycles. The molecule has 0 saturated carbocycles. The largest absolute Gasteiger partial charge is 0.394 e. The molecule has 1 aliphatic rings. The molecule has 0 aromatic heterocycles. The summed E-state index contributed by atoms with van der Waals surface area (Å²) in [7, 11) is 0. The molecule has 1 fully saturated rings. The number of hydrogen-bond donors (Lipinski definition) is 2. The lowest BCUT2D eigenvalue weighted by molar-refractivity contribution is -0.125. The fourth-order valence-corrected chi connectivity index (χ4v) is 1.71. The van der Waals surface area contributed by atoms with Crippen LogP contribution in [0.15, 0.2) is 0 Å². The van der Waals surface area contributed by atoms with Gasteiger partial charge in [-0.15, -0.1) is 0 Å². The summed E-state index contributed by atoms with van der Waals surface area (Å²) in [5.74, 6) is -0.174. The molecule has 0 radical (unpaired) electrons. The third-order valence-corrected chi connectivity index (χ3v) is 2.81. The smallest absolute Gasteiger partial charge is 0.324 e. The first-order valence-corrected chi connectivity index (χ1v) is 6.18. The Morgan fingerprint density at radius 3 is 2.72 bits per heavy atom. The molecule has 0 bridgehead atoms. The van der Waals surface area contributed by atoms with Crippen molar-refractivity contribution in [2.75, 3.05) is 52.5 Å². The lowest BCUT2D eigenvalue weighted by atomic mass is 10.4. The fraction of sp³-hybridized carbons (Fsp3) is 0.818. The van der Waals surface area contributed by atoms with Crippen LogP contribution in [0.4, 0.5) is 4.79 Å². The Morgan fingerprint density at radius 1 is 1.39 bits per heavy atom. The molecule has 1 rings (SSSR count). The number of urea groups is 1. The SMILES string of the molecule is CCN(CCOCCO)CCN1C(=O)CNC1=O. The Balaban J connectivity index is 2.22. The minimum Gasteiger partial charge on any atom is -0.394 e. The van der Waals surface area contributed by atoms with Crippen molar-refractivity contribution < 1.29 is 19.4 Å². The summed E-state index contributed by atoms with van der Waals surface area (Å²) in [6.45, 7) is 5.60. The Kier molecular flexibility index (Phi) is 6.63. The molecule has 104 valence electrons. The fourth-order valence-electron chi connectivity index (χ4n) is 1.71. The quantitative estimate of drug-likeness (QED) is 0.404. The van der Waals surface area contributed by atoms with E-state index in [4.69, 9.17) is 9.84 Å². The van der Waals surface area contributed by atoms with Crippen molar-refractivity contribution in [1.29, 1.82) is 0 Å². The number of ether oxygens (including phenoxy) is 1. The van der Waals surface area contributed by atoms with Gasteiger partial charge in [0.2, 0.25) is 5.91 Å². The Labute approximate surface area is 107 Å². The predicted octanol–water partition coefficient (Wildman–Crippen LogP) is -1.13. The zero-order chi connectivity index (χ0) is 13.4. The lowest BCUT2D eigenvalue weighted by Crippen LogP contribution is -2.39. The first-order chi connectivity index (χ1) is 8.69. The number of carbonyl (C=O) groups is 2. The van der Waals surface area contributed by atoms with Crippen molar-refractivity contribution >= 4 is 11.9 Å². The number of nitrogens with zero attached hydrogens (tertiary/aromatic N) is 2. The van der Waals surface area contributed by atoms with Crippen molar-refractivity contribution in [3.63, 3.8) is 0 Å². The van der Waals surface area contributed by atoms with Gasteiger partial charge in [0.05, 0.1) is 26.4 Å². The van der Waals surface area contributed by atoms with Gasteiger partial charge in [0.1, 0.15) is 0 Å². The van der Waals surface area contributed by atoms with E-state index in [0.29, 0.717) is 26.3 Å². The van der Waals surface area contributed by atoms with Gasteiger partial charge in [-0.1, -0.05) is 6.92 Å². The van der Waals surface area contributed by atoms with Crippen molar-refractivity contribution in [2.45, 2.75) is 6.92 Å². The first kappa shape index (κ1) is 14.9. The molecule has 0 atom stereocenters. The van der Waals surface area contributed by atoms with E-state index in [9.17, 15) is 9.59 Å². The number of carbonyl (C=O) groups excluding carboxylic acids is 2. The minimum atomic E-state index is -0.312. The molecular formula is C11H21N3O4. The standard InChI is InChI=1S/C11H21N3O4/c1-2-13(5-7-18-8-6-15)3-4-14-10(16)9-12-11(14)17/h15H,2-9H2,1H3,(H,12,17). The van der Waals surface area contributed by atoms with E-state index in [1.165, 1.54) is 4.90 Å². The first-order valence-electron chi connectivity index (χ1n) is 6.18. The van der Waals surface area contributed by atoms with Crippen LogP contribution in [0.3, 0.4) is 0 Å². The Morgan fingerprint density at radius 2 is 2.17 bits per heavy atom. The van der Waals surface area contributed by atoms with Gasteiger partial charge in [-0.3, -0.25) is 14.6 Å². The Bertz CT molecular complexity index is 269. The van der Waals surface area contributed by atoms with E-state index < -0.39 is 0 Å². The summed E-state index contributed by atoms with van der Waals surface area (Å²) in [6.07, 6.45) is 0. The molecule has 1 heterocycles. The number of likely N-dealkylation sites (N-methyl/N-ethyl adjacent to an activating group) is 1. The minimum absolute atomic E-state index is 0.0224. The number of hydrogen-bond acceptors (Lipinski definition) is 5. The monoisotopic (exact) mass is 259 g/mol. The van der Waals surface area contributed by atoms with Crippen LogP contribution in [-0.4, -0.2) is 79.4 Å². The Hall–Kier alpha value is -1.18. The molecule has 0 aromatic rings. The molecule has 7 nitrogen and oxygen atoms in total. The van der Waals surface area contributed by atoms with Gasteiger partial charge in [0.25, 0.3) is 0 Å². The number of amides is 3. The van der Waals surface area contributed by atoms with E-state index in [1.54, 1.807) is 0 Å². The van der Waals surface area contributed by atoms with Crippen LogP contribution in [0.2, 0.25) is 0 Å². The third-order valence-electron chi connectivity index (χ3n) is 2.81. The maximum Gasteiger partial charge on any atom is 0.324 e. The second-order valence-corrected chi connectivity index (χ2v) is 3.97. The highest BCUT2D eigenvalue weighted by Crippen LogP contribution is 1.99. The topological polar surface area (TPSA) is 82.1 Å². The molecule has 1 saturated heterocycles. The molecule has 3 amide bonds. The summed E-state index contributed by atoms with van der Waals surface area (Å²) in [4.78, 5) is 26.0. The summed E-state index contributed by atoms with van der Waals surface area (Å²) >= 11 is 0. The number of imide groups is 1. The second-order valence-electron chi connectivity index (χ2n) is 3.97. The van der Waals surface area contributed by atoms with Gasteiger partial charge < -0.3 is 15.2 Å². The van der Waals surface area contributed by atoms with Crippen molar-refractivity contribution in [2.24, 2.45) is 0 Å². The van der Waals surface area contributed by atoms with Gasteiger partial charge >= 0.3 is 6.03 Å². The van der Waals surface area contributed by atoms with Gasteiger partial charge in [0, 0.05) is 19.6 Å². The number of aliphatic hydroxyl groups is 1. The van der Waals surface area contributed by atoms with Crippen LogP contribution in [0.5, 0.6) is 0 Å². The maximum absolute atomic E-state index is 11.4. The van der Waals surface area contributed by atoms with Crippen LogP contribution in [-0.2, 0) is 9.53 Å². The number of aliphatic hydroxyl groups excluding tert-OH is 1. The highest BCUT2D eigenvalue weighted by Gasteiger charge is 2.28. The molecule has 7 heteroatoms. The molecular weight excluding hydrogens is 238 g/mol. The van der Waals surface area contributed by atoms with E-state index in [-0.39, 0.29) is 25.1 Å². The van der Waals surface area contributed by atoms with E-state index in [2.05, 4.69) is 10.2 Å². The summed E-state index contributed by atoms with van der Waals surface area (Å²) in [5, 5.41) is 11.1.